The summed E-state index contributed by atoms with van der Waals surface area (Å²) in [6.07, 6.45) is -0.514. The van der Waals surface area contributed by atoms with Gasteiger partial charge in [0.05, 0.1) is 12.1 Å². The van der Waals surface area contributed by atoms with E-state index in [0.29, 0.717) is 6.42 Å². The van der Waals surface area contributed by atoms with E-state index >= 15 is 0 Å². The Kier molecular flexibility index (Phi) is 5.62. The molecule has 2 fully saturated rings. The molecule has 1 saturated heterocycles. The number of carboxylic acid groups (broad SMARTS) is 1. The summed E-state index contributed by atoms with van der Waals surface area (Å²) in [6, 6.07) is 2.63. The van der Waals surface area contributed by atoms with Crippen LogP contribution in [0.1, 0.15) is 48.0 Å². The maximum Gasteiger partial charge on any atom is 0.416 e. The van der Waals surface area contributed by atoms with E-state index in [1.807, 2.05) is 0 Å². The zero-order valence-corrected chi connectivity index (χ0v) is 15.0. The van der Waals surface area contributed by atoms with Gasteiger partial charge in [0.15, 0.2) is 0 Å². The van der Waals surface area contributed by atoms with Crippen molar-refractivity contribution in [1.29, 1.82) is 0 Å². The van der Waals surface area contributed by atoms with E-state index in [9.17, 15) is 32.7 Å². The van der Waals surface area contributed by atoms with Crippen molar-refractivity contribution in [2.24, 2.45) is 5.92 Å². The Labute approximate surface area is 159 Å². The van der Waals surface area contributed by atoms with Crippen molar-refractivity contribution in [2.45, 2.75) is 50.4 Å². The minimum atomic E-state index is -4.50. The third kappa shape index (κ3) is 4.13. The van der Waals surface area contributed by atoms with Gasteiger partial charge in [0, 0.05) is 11.6 Å². The fourth-order valence-electron chi connectivity index (χ4n) is 4.20. The molecule has 1 aromatic carbocycles. The molecule has 0 spiro atoms. The maximum absolute atomic E-state index is 12.6. The number of likely N-dealkylation sites (tertiary alicyclic amines) is 1. The normalized spacial score (nSPS) is 24.5. The topological polar surface area (TPSA) is 86.7 Å². The molecule has 3 atom stereocenters. The molecule has 1 saturated carbocycles. The van der Waals surface area contributed by atoms with Gasteiger partial charge in [0.2, 0.25) is 5.91 Å². The summed E-state index contributed by atoms with van der Waals surface area (Å²) >= 11 is 0. The minimum absolute atomic E-state index is 0.00690. The summed E-state index contributed by atoms with van der Waals surface area (Å²) in [5.74, 6) is -2.07. The van der Waals surface area contributed by atoms with Crippen molar-refractivity contribution < 1.29 is 32.7 Å². The first kappa shape index (κ1) is 20.2. The largest absolute Gasteiger partial charge is 0.480 e. The molecule has 1 heterocycles. The Morgan fingerprint density at radius 1 is 1.11 bits per heavy atom. The Hall–Kier alpha value is -2.58. The molecule has 1 aromatic rings. The highest BCUT2D eigenvalue weighted by Crippen LogP contribution is 2.39. The molecule has 0 aromatic heterocycles. The van der Waals surface area contributed by atoms with Crippen LogP contribution >= 0.6 is 0 Å². The van der Waals surface area contributed by atoms with Crippen LogP contribution in [-0.4, -0.2) is 46.4 Å². The highest BCUT2D eigenvalue weighted by Gasteiger charge is 2.47. The third-order valence-corrected chi connectivity index (χ3v) is 5.54. The number of halogens is 3. The Bertz CT molecular complexity index is 763. The number of amides is 2. The van der Waals surface area contributed by atoms with E-state index in [1.54, 1.807) is 0 Å². The number of carbonyl (C=O) groups is 3. The molecular weight excluding hydrogens is 377 g/mol. The second-order valence-corrected chi connectivity index (χ2v) is 7.26. The van der Waals surface area contributed by atoms with Gasteiger partial charge in [-0.15, -0.1) is 0 Å². The second-order valence-electron chi connectivity index (χ2n) is 7.26. The predicted molar refractivity (Wildman–Crippen MR) is 92.4 cm³/mol. The maximum atomic E-state index is 12.6. The molecule has 2 amide bonds. The van der Waals surface area contributed by atoms with E-state index in [2.05, 4.69) is 5.32 Å². The van der Waals surface area contributed by atoms with Gasteiger partial charge in [-0.05, 0) is 49.4 Å². The van der Waals surface area contributed by atoms with Gasteiger partial charge >= 0.3 is 12.1 Å². The summed E-state index contributed by atoms with van der Waals surface area (Å²) < 4.78 is 37.8. The van der Waals surface area contributed by atoms with E-state index in [1.165, 1.54) is 4.90 Å². The van der Waals surface area contributed by atoms with Crippen molar-refractivity contribution in [1.82, 2.24) is 10.2 Å². The minimum Gasteiger partial charge on any atom is -0.480 e. The van der Waals surface area contributed by atoms with Crippen molar-refractivity contribution in [2.75, 3.05) is 6.54 Å². The molecule has 2 N–H and O–H groups in total. The van der Waals surface area contributed by atoms with Gasteiger partial charge in [0.1, 0.15) is 6.04 Å². The number of carboxylic acids is 1. The molecule has 152 valence electrons. The second kappa shape index (κ2) is 7.81. The van der Waals surface area contributed by atoms with Crippen molar-refractivity contribution >= 4 is 17.8 Å². The van der Waals surface area contributed by atoms with Gasteiger partial charge in [-0.2, -0.15) is 13.2 Å². The van der Waals surface area contributed by atoms with Crippen LogP contribution in [0.3, 0.4) is 0 Å². The highest BCUT2D eigenvalue weighted by atomic mass is 19.4. The molecule has 28 heavy (non-hydrogen) atoms. The molecule has 2 aliphatic rings. The average Bonchev–Trinajstić information content (AvgIpc) is 3.05. The zero-order valence-electron chi connectivity index (χ0n) is 15.0. The number of rotatable bonds is 4. The van der Waals surface area contributed by atoms with Gasteiger partial charge in [-0.1, -0.05) is 12.8 Å². The SMILES string of the molecule is O=C(NCC(=O)N1C(C(=O)O)CC2CCCCC21)c1ccc(C(F)(F)F)cc1. The summed E-state index contributed by atoms with van der Waals surface area (Å²) in [7, 11) is 0. The fraction of sp³-hybridized carbons (Fsp3) is 0.526. The molecule has 1 aliphatic heterocycles. The lowest BCUT2D eigenvalue weighted by Crippen LogP contribution is -2.50. The smallest absolute Gasteiger partial charge is 0.416 e. The van der Waals surface area contributed by atoms with E-state index in [4.69, 9.17) is 0 Å². The first-order chi connectivity index (χ1) is 13.2. The Balaban J connectivity index is 1.63. The number of carbonyl (C=O) groups excluding carboxylic acids is 2. The molecule has 9 heteroatoms. The number of hydrogen-bond donors (Lipinski definition) is 2. The molecule has 6 nitrogen and oxygen atoms in total. The fourth-order valence-corrected chi connectivity index (χ4v) is 4.20. The third-order valence-electron chi connectivity index (χ3n) is 5.54. The van der Waals surface area contributed by atoms with E-state index < -0.39 is 42.1 Å². The van der Waals surface area contributed by atoms with E-state index in [0.717, 1.165) is 49.9 Å². The number of hydrogen-bond acceptors (Lipinski definition) is 3. The number of nitrogens with one attached hydrogen (secondary N) is 1. The van der Waals surface area contributed by atoms with Crippen LogP contribution in [0.25, 0.3) is 0 Å². The van der Waals surface area contributed by atoms with Gasteiger partial charge < -0.3 is 15.3 Å². The summed E-state index contributed by atoms with van der Waals surface area (Å²) in [6.45, 7) is -0.396. The predicted octanol–water partition coefficient (Wildman–Crippen LogP) is 2.68. The molecular formula is C19H21F3N2O4. The number of alkyl halides is 3. The van der Waals surface area contributed by atoms with Crippen LogP contribution in [0, 0.1) is 5.92 Å². The van der Waals surface area contributed by atoms with Crippen molar-refractivity contribution in [3.63, 3.8) is 0 Å². The summed E-state index contributed by atoms with van der Waals surface area (Å²) in [4.78, 5) is 37.7. The monoisotopic (exact) mass is 398 g/mol. The van der Waals surface area contributed by atoms with Crippen LogP contribution in [0.4, 0.5) is 13.2 Å². The van der Waals surface area contributed by atoms with Crippen LogP contribution in [0.15, 0.2) is 24.3 Å². The van der Waals surface area contributed by atoms with Crippen LogP contribution in [0.5, 0.6) is 0 Å². The number of benzene rings is 1. The number of fused-ring (bicyclic) bond motifs is 1. The standard InChI is InChI=1S/C19H21F3N2O4/c20-19(21,22)13-7-5-11(6-8-13)17(26)23-10-16(25)24-14-4-2-1-3-12(14)9-15(24)18(27)28/h5-8,12,14-15H,1-4,9-10H2,(H,23,26)(H,27,28). The Morgan fingerprint density at radius 3 is 2.36 bits per heavy atom. The molecule has 0 bridgehead atoms. The summed E-state index contributed by atoms with van der Waals surface area (Å²) in [5, 5.41) is 11.8. The lowest BCUT2D eigenvalue weighted by atomic mass is 9.85. The summed E-state index contributed by atoms with van der Waals surface area (Å²) in [5.41, 5.74) is -0.877. The molecule has 1 aliphatic carbocycles. The van der Waals surface area contributed by atoms with Crippen LogP contribution in [-0.2, 0) is 15.8 Å². The quantitative estimate of drug-likeness (QED) is 0.817. The van der Waals surface area contributed by atoms with Crippen molar-refractivity contribution in [3.05, 3.63) is 35.4 Å². The zero-order chi connectivity index (χ0) is 20.5. The lowest BCUT2D eigenvalue weighted by Gasteiger charge is -2.33. The molecule has 3 unspecified atom stereocenters. The average molecular weight is 398 g/mol. The number of aliphatic carboxylic acids is 1. The van der Waals surface area contributed by atoms with Crippen LogP contribution in [0.2, 0.25) is 0 Å². The first-order valence-electron chi connectivity index (χ1n) is 9.18. The molecule has 0 radical (unpaired) electrons. The van der Waals surface area contributed by atoms with Gasteiger partial charge in [-0.3, -0.25) is 9.59 Å². The van der Waals surface area contributed by atoms with Crippen molar-refractivity contribution in [3.8, 4) is 0 Å². The number of nitrogens with zero attached hydrogens (tertiary/aromatic N) is 1. The molecule has 3 rings (SSSR count). The lowest BCUT2D eigenvalue weighted by molar-refractivity contribution is -0.149. The first-order valence-corrected chi connectivity index (χ1v) is 9.18. The van der Waals surface area contributed by atoms with Crippen LogP contribution < -0.4 is 5.32 Å². The van der Waals surface area contributed by atoms with E-state index in [-0.39, 0.29) is 17.5 Å². The highest BCUT2D eigenvalue weighted by molar-refractivity contribution is 5.97. The van der Waals surface area contributed by atoms with Gasteiger partial charge in [-0.25, -0.2) is 4.79 Å². The Morgan fingerprint density at radius 2 is 1.75 bits per heavy atom. The van der Waals surface area contributed by atoms with Gasteiger partial charge in [0.25, 0.3) is 5.91 Å².